The van der Waals surface area contributed by atoms with Crippen LogP contribution in [-0.2, 0) is 6.42 Å². The molecule has 0 saturated carbocycles. The Balaban J connectivity index is 1.40. The van der Waals surface area contributed by atoms with Gasteiger partial charge in [0.05, 0.1) is 6.04 Å². The summed E-state index contributed by atoms with van der Waals surface area (Å²) in [6.07, 6.45) is 6.04. The van der Waals surface area contributed by atoms with Gasteiger partial charge < -0.3 is 4.52 Å². The number of pyridine rings is 1. The number of benzene rings is 1. The first-order valence-corrected chi connectivity index (χ1v) is 8.81. The second-order valence-corrected chi connectivity index (χ2v) is 6.71. The fourth-order valence-corrected chi connectivity index (χ4v) is 3.50. The summed E-state index contributed by atoms with van der Waals surface area (Å²) < 4.78 is 5.54. The number of hydrogen-bond donors (Lipinski definition) is 0. The van der Waals surface area contributed by atoms with Crippen LogP contribution in [0.15, 0.2) is 59.4 Å². The maximum absolute atomic E-state index is 5.54. The lowest BCUT2D eigenvalue weighted by Gasteiger charge is -2.21. The lowest BCUT2D eigenvalue weighted by molar-refractivity contribution is 0.203. The van der Waals surface area contributed by atoms with Crippen molar-refractivity contribution in [1.82, 2.24) is 20.0 Å². The minimum atomic E-state index is 0.146. The molecule has 0 amide bonds. The number of hydrogen-bond acceptors (Lipinski definition) is 5. The molecule has 0 N–H and O–H groups in total. The normalized spacial score (nSPS) is 19.2. The van der Waals surface area contributed by atoms with E-state index < -0.39 is 0 Å². The van der Waals surface area contributed by atoms with Gasteiger partial charge >= 0.3 is 0 Å². The molecule has 0 radical (unpaired) electrons. The molecule has 1 aliphatic rings. The molecule has 1 aliphatic heterocycles. The van der Waals surface area contributed by atoms with Crippen LogP contribution in [-0.4, -0.2) is 33.1 Å². The van der Waals surface area contributed by atoms with Crippen LogP contribution >= 0.6 is 0 Å². The van der Waals surface area contributed by atoms with Gasteiger partial charge in [-0.1, -0.05) is 35.5 Å². The Morgan fingerprint density at radius 1 is 1.16 bits per heavy atom. The minimum Gasteiger partial charge on any atom is -0.337 e. The zero-order chi connectivity index (χ0) is 17.1. The minimum absolute atomic E-state index is 0.146. The number of likely N-dealkylation sites (tertiary alicyclic amines) is 1. The van der Waals surface area contributed by atoms with Crippen molar-refractivity contribution < 1.29 is 4.52 Å². The molecule has 2 unspecified atom stereocenters. The molecule has 5 heteroatoms. The molecule has 1 fully saturated rings. The van der Waals surface area contributed by atoms with Gasteiger partial charge in [0.25, 0.3) is 0 Å². The van der Waals surface area contributed by atoms with Gasteiger partial charge in [-0.25, -0.2) is 0 Å². The van der Waals surface area contributed by atoms with Crippen molar-refractivity contribution in [2.45, 2.75) is 25.8 Å². The molecule has 25 heavy (non-hydrogen) atoms. The number of aromatic nitrogens is 3. The Labute approximate surface area is 147 Å². The fourth-order valence-electron chi connectivity index (χ4n) is 3.50. The van der Waals surface area contributed by atoms with Gasteiger partial charge in [-0.2, -0.15) is 4.98 Å². The first-order valence-electron chi connectivity index (χ1n) is 8.81. The van der Waals surface area contributed by atoms with E-state index in [1.54, 1.807) is 0 Å². The topological polar surface area (TPSA) is 55.1 Å². The van der Waals surface area contributed by atoms with E-state index in [4.69, 9.17) is 4.52 Å². The zero-order valence-electron chi connectivity index (χ0n) is 14.4. The van der Waals surface area contributed by atoms with E-state index >= 15 is 0 Å². The summed E-state index contributed by atoms with van der Waals surface area (Å²) in [6, 6.07) is 14.3. The van der Waals surface area contributed by atoms with Crippen LogP contribution in [0.5, 0.6) is 0 Å². The molecule has 1 aromatic carbocycles. The molecule has 3 aromatic rings. The first-order chi connectivity index (χ1) is 12.3. The van der Waals surface area contributed by atoms with Crippen LogP contribution in [0.25, 0.3) is 11.4 Å². The lowest BCUT2D eigenvalue weighted by Crippen LogP contribution is -2.25. The molecule has 1 saturated heterocycles. The van der Waals surface area contributed by atoms with Crippen molar-refractivity contribution in [3.05, 3.63) is 66.3 Å². The van der Waals surface area contributed by atoms with Gasteiger partial charge in [0, 0.05) is 24.5 Å². The standard InChI is InChI=1S/C20H22N4O/c1-15(20-22-19(23-25-20)18-5-3-2-4-6-18)24-12-9-17(14-24)13-16-7-10-21-11-8-16/h2-8,10-11,15,17H,9,12-14H2,1H3. The largest absolute Gasteiger partial charge is 0.337 e. The highest BCUT2D eigenvalue weighted by atomic mass is 16.5. The quantitative estimate of drug-likeness (QED) is 0.711. The molecule has 0 bridgehead atoms. The van der Waals surface area contributed by atoms with E-state index in [1.807, 2.05) is 42.7 Å². The molecule has 2 atom stereocenters. The van der Waals surface area contributed by atoms with E-state index in [0.717, 1.165) is 25.1 Å². The summed E-state index contributed by atoms with van der Waals surface area (Å²) in [7, 11) is 0. The molecule has 0 aliphatic carbocycles. The van der Waals surface area contributed by atoms with E-state index in [1.165, 1.54) is 12.0 Å². The van der Waals surface area contributed by atoms with Gasteiger partial charge in [0.15, 0.2) is 0 Å². The van der Waals surface area contributed by atoms with Gasteiger partial charge in [-0.05, 0) is 49.9 Å². The van der Waals surface area contributed by atoms with Crippen molar-refractivity contribution in [1.29, 1.82) is 0 Å². The van der Waals surface area contributed by atoms with Gasteiger partial charge in [-0.15, -0.1) is 0 Å². The Morgan fingerprint density at radius 3 is 2.76 bits per heavy atom. The van der Waals surface area contributed by atoms with Crippen molar-refractivity contribution in [3.8, 4) is 11.4 Å². The third-order valence-corrected chi connectivity index (χ3v) is 4.97. The smallest absolute Gasteiger partial charge is 0.244 e. The van der Waals surface area contributed by atoms with E-state index in [2.05, 4.69) is 39.1 Å². The molecule has 3 heterocycles. The van der Waals surface area contributed by atoms with E-state index in [0.29, 0.717) is 17.6 Å². The Hall–Kier alpha value is -2.53. The summed E-state index contributed by atoms with van der Waals surface area (Å²) >= 11 is 0. The average molecular weight is 334 g/mol. The van der Waals surface area contributed by atoms with Crippen LogP contribution in [0, 0.1) is 5.92 Å². The average Bonchev–Trinajstić information content (AvgIpc) is 3.33. The Morgan fingerprint density at radius 2 is 1.96 bits per heavy atom. The molecule has 128 valence electrons. The highest BCUT2D eigenvalue weighted by Crippen LogP contribution is 2.29. The molecule has 4 rings (SSSR count). The molecule has 5 nitrogen and oxygen atoms in total. The van der Waals surface area contributed by atoms with Crippen LogP contribution < -0.4 is 0 Å². The summed E-state index contributed by atoms with van der Waals surface area (Å²) in [6.45, 7) is 4.28. The number of rotatable bonds is 5. The third kappa shape index (κ3) is 3.61. The van der Waals surface area contributed by atoms with Gasteiger partial charge in [0.1, 0.15) is 0 Å². The second-order valence-electron chi connectivity index (χ2n) is 6.71. The molecule has 0 spiro atoms. The molecular formula is C20H22N4O. The summed E-state index contributed by atoms with van der Waals surface area (Å²) in [5.74, 6) is 2.03. The van der Waals surface area contributed by atoms with Crippen molar-refractivity contribution in [3.63, 3.8) is 0 Å². The highest BCUT2D eigenvalue weighted by Gasteiger charge is 2.29. The zero-order valence-corrected chi connectivity index (χ0v) is 14.4. The lowest BCUT2D eigenvalue weighted by atomic mass is 10.00. The predicted molar refractivity (Wildman–Crippen MR) is 95.8 cm³/mol. The van der Waals surface area contributed by atoms with Crippen LogP contribution in [0.1, 0.15) is 30.8 Å². The second kappa shape index (κ2) is 7.15. The SMILES string of the molecule is CC(c1nc(-c2ccccc2)no1)N1CCC(Cc2ccncc2)C1. The highest BCUT2D eigenvalue weighted by molar-refractivity contribution is 5.53. The van der Waals surface area contributed by atoms with Crippen LogP contribution in [0.3, 0.4) is 0 Å². The van der Waals surface area contributed by atoms with Gasteiger partial charge in [-0.3, -0.25) is 9.88 Å². The van der Waals surface area contributed by atoms with Crippen molar-refractivity contribution in [2.24, 2.45) is 5.92 Å². The number of nitrogens with zero attached hydrogens (tertiary/aromatic N) is 4. The first kappa shape index (κ1) is 16.0. The monoisotopic (exact) mass is 334 g/mol. The predicted octanol–water partition coefficient (Wildman–Crippen LogP) is 3.76. The fraction of sp³-hybridized carbons (Fsp3) is 0.350. The van der Waals surface area contributed by atoms with Crippen LogP contribution in [0.2, 0.25) is 0 Å². The summed E-state index contributed by atoms with van der Waals surface area (Å²) in [5.41, 5.74) is 2.35. The Bertz CT molecular complexity index is 803. The summed E-state index contributed by atoms with van der Waals surface area (Å²) in [5, 5.41) is 4.15. The maximum Gasteiger partial charge on any atom is 0.244 e. The van der Waals surface area contributed by atoms with Crippen molar-refractivity contribution >= 4 is 0 Å². The third-order valence-electron chi connectivity index (χ3n) is 4.97. The molecular weight excluding hydrogens is 312 g/mol. The van der Waals surface area contributed by atoms with E-state index in [9.17, 15) is 0 Å². The Kier molecular flexibility index (Phi) is 4.57. The molecule has 2 aromatic heterocycles. The van der Waals surface area contributed by atoms with E-state index in [-0.39, 0.29) is 6.04 Å². The van der Waals surface area contributed by atoms with Gasteiger partial charge in [0.2, 0.25) is 11.7 Å². The van der Waals surface area contributed by atoms with Crippen LogP contribution in [0.4, 0.5) is 0 Å². The summed E-state index contributed by atoms with van der Waals surface area (Å²) in [4.78, 5) is 11.1. The van der Waals surface area contributed by atoms with Crippen molar-refractivity contribution in [2.75, 3.05) is 13.1 Å². The maximum atomic E-state index is 5.54.